The van der Waals surface area contributed by atoms with Crippen LogP contribution in [-0.4, -0.2) is 35.6 Å². The Morgan fingerprint density at radius 1 is 1.50 bits per heavy atom. The highest BCUT2D eigenvalue weighted by Gasteiger charge is 2.22. The van der Waals surface area contributed by atoms with E-state index in [0.717, 1.165) is 38.2 Å². The minimum atomic E-state index is -0.249. The molecule has 0 saturated carbocycles. The third kappa shape index (κ3) is 2.67. The van der Waals surface area contributed by atoms with Crippen LogP contribution in [0.5, 0.6) is 0 Å². The summed E-state index contributed by atoms with van der Waals surface area (Å²) in [4.78, 5) is 13.8. The number of halogens is 1. The molecule has 0 atom stereocenters. The number of ether oxygens (including phenoxy) is 1. The van der Waals surface area contributed by atoms with Crippen molar-refractivity contribution in [1.29, 1.82) is 0 Å². The maximum atomic E-state index is 11.7. The van der Waals surface area contributed by atoms with E-state index in [0.29, 0.717) is 6.10 Å². The molecule has 1 aliphatic rings. The number of hydrogen-bond donors (Lipinski definition) is 0. The molecule has 0 amide bonds. The Morgan fingerprint density at radius 3 is 2.78 bits per heavy atom. The van der Waals surface area contributed by atoms with Gasteiger partial charge in [-0.2, -0.15) is 5.10 Å². The Labute approximate surface area is 111 Å². The number of nitrogens with zero attached hydrogens (tertiary/aromatic N) is 3. The number of aromatic nitrogens is 2. The molecule has 0 aromatic carbocycles. The maximum absolute atomic E-state index is 11.7. The second-order valence-corrected chi connectivity index (χ2v) is 4.79. The van der Waals surface area contributed by atoms with Crippen LogP contribution < -0.4 is 10.5 Å². The number of anilines is 1. The van der Waals surface area contributed by atoms with E-state index >= 15 is 0 Å². The average molecular weight is 272 g/mol. The zero-order valence-electron chi connectivity index (χ0n) is 10.7. The van der Waals surface area contributed by atoms with E-state index in [9.17, 15) is 4.79 Å². The summed E-state index contributed by atoms with van der Waals surface area (Å²) < 4.78 is 6.85. The van der Waals surface area contributed by atoms with Gasteiger partial charge in [0.1, 0.15) is 5.02 Å². The summed E-state index contributed by atoms with van der Waals surface area (Å²) in [5.41, 5.74) is 0.482. The fourth-order valence-corrected chi connectivity index (χ4v) is 2.51. The molecule has 1 saturated heterocycles. The molecule has 5 nitrogen and oxygen atoms in total. The van der Waals surface area contributed by atoms with Gasteiger partial charge in [0.05, 0.1) is 18.0 Å². The lowest BCUT2D eigenvalue weighted by Gasteiger charge is -2.33. The molecule has 100 valence electrons. The quantitative estimate of drug-likeness (QED) is 0.835. The van der Waals surface area contributed by atoms with Gasteiger partial charge in [-0.05, 0) is 19.8 Å². The average Bonchev–Trinajstić information content (AvgIpc) is 2.38. The van der Waals surface area contributed by atoms with E-state index in [1.165, 1.54) is 4.68 Å². The van der Waals surface area contributed by atoms with Crippen LogP contribution >= 0.6 is 11.6 Å². The molecule has 1 aromatic rings. The van der Waals surface area contributed by atoms with Gasteiger partial charge in [-0.3, -0.25) is 4.79 Å². The Kier molecular flexibility index (Phi) is 4.24. The van der Waals surface area contributed by atoms with E-state index in [-0.39, 0.29) is 10.6 Å². The maximum Gasteiger partial charge on any atom is 0.287 e. The van der Waals surface area contributed by atoms with Gasteiger partial charge in [0.2, 0.25) is 0 Å². The topological polar surface area (TPSA) is 47.4 Å². The molecule has 0 aliphatic carbocycles. The zero-order valence-corrected chi connectivity index (χ0v) is 11.5. The molecule has 1 aliphatic heterocycles. The van der Waals surface area contributed by atoms with Crippen LogP contribution in [0.4, 0.5) is 5.69 Å². The molecule has 0 unspecified atom stereocenters. The van der Waals surface area contributed by atoms with Crippen molar-refractivity contribution >= 4 is 17.3 Å². The number of hydrogen-bond acceptors (Lipinski definition) is 4. The summed E-state index contributed by atoms with van der Waals surface area (Å²) in [7, 11) is 1.60. The van der Waals surface area contributed by atoms with E-state index in [1.54, 1.807) is 13.2 Å². The van der Waals surface area contributed by atoms with Gasteiger partial charge in [-0.1, -0.05) is 11.6 Å². The van der Waals surface area contributed by atoms with Crippen molar-refractivity contribution in [2.45, 2.75) is 25.9 Å². The molecule has 6 heteroatoms. The fourth-order valence-electron chi connectivity index (χ4n) is 2.22. The SMILES string of the molecule is CCOC1CCN(c2cnn(C)c(=O)c2Cl)CC1. The van der Waals surface area contributed by atoms with Crippen molar-refractivity contribution in [3.8, 4) is 0 Å². The number of aryl methyl sites for hydroxylation is 1. The molecule has 1 aromatic heterocycles. The lowest BCUT2D eigenvalue weighted by Crippen LogP contribution is -2.38. The van der Waals surface area contributed by atoms with Crippen molar-refractivity contribution in [3.05, 3.63) is 21.6 Å². The van der Waals surface area contributed by atoms with Gasteiger partial charge < -0.3 is 9.64 Å². The summed E-state index contributed by atoms with van der Waals surface area (Å²) in [6, 6.07) is 0. The van der Waals surface area contributed by atoms with E-state index in [4.69, 9.17) is 16.3 Å². The van der Waals surface area contributed by atoms with Gasteiger partial charge in [0.25, 0.3) is 5.56 Å². The van der Waals surface area contributed by atoms with Gasteiger partial charge in [0.15, 0.2) is 0 Å². The minimum Gasteiger partial charge on any atom is -0.378 e. The van der Waals surface area contributed by atoms with Gasteiger partial charge >= 0.3 is 0 Å². The molecule has 0 N–H and O–H groups in total. The Morgan fingerprint density at radius 2 is 2.17 bits per heavy atom. The second kappa shape index (κ2) is 5.71. The lowest BCUT2D eigenvalue weighted by molar-refractivity contribution is 0.0459. The predicted molar refractivity (Wildman–Crippen MR) is 71.3 cm³/mol. The monoisotopic (exact) mass is 271 g/mol. The van der Waals surface area contributed by atoms with E-state index < -0.39 is 0 Å². The van der Waals surface area contributed by atoms with Crippen LogP contribution in [-0.2, 0) is 11.8 Å². The molecule has 18 heavy (non-hydrogen) atoms. The highest BCUT2D eigenvalue weighted by Crippen LogP contribution is 2.25. The second-order valence-electron chi connectivity index (χ2n) is 4.41. The highest BCUT2D eigenvalue weighted by molar-refractivity contribution is 6.33. The van der Waals surface area contributed by atoms with Gasteiger partial charge in [-0.25, -0.2) is 4.68 Å². The lowest BCUT2D eigenvalue weighted by atomic mass is 10.1. The highest BCUT2D eigenvalue weighted by atomic mass is 35.5. The first-order valence-corrected chi connectivity index (χ1v) is 6.59. The molecule has 1 fully saturated rings. The van der Waals surface area contributed by atoms with E-state index in [2.05, 4.69) is 10.00 Å². The largest absolute Gasteiger partial charge is 0.378 e. The molecular weight excluding hydrogens is 254 g/mol. The van der Waals surface area contributed by atoms with Crippen LogP contribution in [0.1, 0.15) is 19.8 Å². The molecule has 0 radical (unpaired) electrons. The predicted octanol–water partition coefficient (Wildman–Crippen LogP) is 1.44. The summed E-state index contributed by atoms with van der Waals surface area (Å²) >= 11 is 6.08. The first kappa shape index (κ1) is 13.4. The van der Waals surface area contributed by atoms with Crippen molar-refractivity contribution in [3.63, 3.8) is 0 Å². The third-order valence-electron chi connectivity index (χ3n) is 3.24. The van der Waals surface area contributed by atoms with Crippen LogP contribution in [0.2, 0.25) is 5.02 Å². The molecule has 2 heterocycles. The van der Waals surface area contributed by atoms with Crippen molar-refractivity contribution in [2.24, 2.45) is 7.05 Å². The molecule has 2 rings (SSSR count). The van der Waals surface area contributed by atoms with Crippen LogP contribution in [0, 0.1) is 0 Å². The van der Waals surface area contributed by atoms with Crippen LogP contribution in [0.25, 0.3) is 0 Å². The van der Waals surface area contributed by atoms with Crippen molar-refractivity contribution < 1.29 is 4.74 Å². The van der Waals surface area contributed by atoms with Crippen molar-refractivity contribution in [1.82, 2.24) is 9.78 Å². The van der Waals surface area contributed by atoms with Crippen LogP contribution in [0.3, 0.4) is 0 Å². The first-order chi connectivity index (χ1) is 8.63. The standard InChI is InChI=1S/C12H18ClN3O2/c1-3-18-9-4-6-16(7-5-9)10-8-14-15(2)12(17)11(10)13/h8-9H,3-7H2,1-2H3. The molecule has 0 bridgehead atoms. The molecular formula is C12H18ClN3O2. The number of piperidine rings is 1. The van der Waals surface area contributed by atoms with Gasteiger partial charge in [-0.15, -0.1) is 0 Å². The van der Waals surface area contributed by atoms with Gasteiger partial charge in [0, 0.05) is 26.7 Å². The summed E-state index contributed by atoms with van der Waals surface area (Å²) in [5.74, 6) is 0. The number of rotatable bonds is 3. The first-order valence-electron chi connectivity index (χ1n) is 6.21. The van der Waals surface area contributed by atoms with Crippen LogP contribution in [0.15, 0.2) is 11.0 Å². The molecule has 0 spiro atoms. The third-order valence-corrected chi connectivity index (χ3v) is 3.60. The summed E-state index contributed by atoms with van der Waals surface area (Å²) in [6.07, 6.45) is 3.90. The zero-order chi connectivity index (χ0) is 13.1. The Balaban J connectivity index is 2.10. The van der Waals surface area contributed by atoms with E-state index in [1.807, 2.05) is 6.92 Å². The van der Waals surface area contributed by atoms with Crippen molar-refractivity contribution in [2.75, 3.05) is 24.6 Å². The normalized spacial score (nSPS) is 17.2. The summed E-state index contributed by atoms with van der Waals surface area (Å²) in [6.45, 7) is 4.45. The fraction of sp³-hybridized carbons (Fsp3) is 0.667. The Bertz CT molecular complexity index is 467. The summed E-state index contributed by atoms with van der Waals surface area (Å²) in [5, 5.41) is 4.27. The minimum absolute atomic E-state index is 0.249. The smallest absolute Gasteiger partial charge is 0.287 e. The Hall–Kier alpha value is -1.07.